The summed E-state index contributed by atoms with van der Waals surface area (Å²) in [6.45, 7) is 7.31. The van der Waals surface area contributed by atoms with Crippen molar-refractivity contribution in [2.75, 3.05) is 0 Å². The summed E-state index contributed by atoms with van der Waals surface area (Å²) in [5.41, 5.74) is 4.09. The number of rotatable bonds is 2. The van der Waals surface area contributed by atoms with Gasteiger partial charge in [0.25, 0.3) is 0 Å². The van der Waals surface area contributed by atoms with Gasteiger partial charge in [0.2, 0.25) is 0 Å². The van der Waals surface area contributed by atoms with Crippen molar-refractivity contribution in [1.82, 2.24) is 0 Å². The number of benzene rings is 2. The van der Waals surface area contributed by atoms with Gasteiger partial charge in [-0.3, -0.25) is 0 Å². The smallest absolute Gasteiger partial charge is 0.545 e. The maximum absolute atomic E-state index is 10.5. The molecule has 0 aliphatic carbocycles. The average molecular weight is 362 g/mol. The fourth-order valence-corrected chi connectivity index (χ4v) is 1.94. The standard InChI is InChI=1S/2C9H10O2.Cu/c2*1-6-4-3-5-8(7(6)2)9(10)11;/h2*3-5H,1-2H3,(H,10,11);/q;;+2/p-2. The van der Waals surface area contributed by atoms with E-state index in [9.17, 15) is 19.8 Å². The first-order valence-corrected chi connectivity index (χ1v) is 6.80. The van der Waals surface area contributed by atoms with E-state index >= 15 is 0 Å². The van der Waals surface area contributed by atoms with Crippen LogP contribution in [0.1, 0.15) is 43.0 Å². The molecule has 2 aromatic carbocycles. The van der Waals surface area contributed by atoms with Crippen LogP contribution in [0.15, 0.2) is 36.4 Å². The zero-order valence-corrected chi connectivity index (χ0v) is 14.3. The molecule has 0 aromatic heterocycles. The first kappa shape index (κ1) is 20.9. The molecule has 0 bridgehead atoms. The topological polar surface area (TPSA) is 80.3 Å². The second kappa shape index (κ2) is 9.13. The normalized spacial score (nSPS) is 9.22. The Balaban J connectivity index is 0.000000403. The molecule has 0 fully saturated rings. The zero-order chi connectivity index (χ0) is 16.9. The van der Waals surface area contributed by atoms with Crippen molar-refractivity contribution in [2.24, 2.45) is 0 Å². The van der Waals surface area contributed by atoms with Crippen LogP contribution in [0.5, 0.6) is 0 Å². The summed E-state index contributed by atoms with van der Waals surface area (Å²) >= 11 is 0. The first-order valence-electron chi connectivity index (χ1n) is 6.80. The predicted octanol–water partition coefficient (Wildman–Crippen LogP) is 1.33. The van der Waals surface area contributed by atoms with Gasteiger partial charge >= 0.3 is 17.1 Å². The summed E-state index contributed by atoms with van der Waals surface area (Å²) in [5.74, 6) is -2.21. The monoisotopic (exact) mass is 361 g/mol. The van der Waals surface area contributed by atoms with Crippen molar-refractivity contribution in [2.45, 2.75) is 27.7 Å². The van der Waals surface area contributed by atoms with Gasteiger partial charge in [0.05, 0.1) is 11.9 Å². The first-order chi connectivity index (χ1) is 10.3. The summed E-state index contributed by atoms with van der Waals surface area (Å²) in [4.78, 5) is 20.9. The van der Waals surface area contributed by atoms with Gasteiger partial charge in [0.15, 0.2) is 0 Å². The molecule has 5 heteroatoms. The number of aryl methyl sites for hydroxylation is 2. The Labute approximate surface area is 146 Å². The van der Waals surface area contributed by atoms with Gasteiger partial charge in [-0.1, -0.05) is 36.4 Å². The summed E-state index contributed by atoms with van der Waals surface area (Å²) in [6.07, 6.45) is 0. The minimum atomic E-state index is -1.11. The number of carbonyl (C=O) groups excluding carboxylic acids is 2. The number of hydrogen-bond donors (Lipinski definition) is 0. The Morgan fingerprint density at radius 1 is 0.696 bits per heavy atom. The van der Waals surface area contributed by atoms with Crippen molar-refractivity contribution >= 4 is 11.9 Å². The SMILES string of the molecule is Cc1cccc(C(=O)[O-])c1C.Cc1cccc(C(=O)[O-])c1C.[Cu+2]. The molecule has 0 saturated carbocycles. The van der Waals surface area contributed by atoms with E-state index in [1.54, 1.807) is 38.1 Å². The second-order valence-electron chi connectivity index (χ2n) is 5.07. The van der Waals surface area contributed by atoms with Crippen LogP contribution in [0.25, 0.3) is 0 Å². The van der Waals surface area contributed by atoms with Crippen LogP contribution in [0, 0.1) is 27.7 Å². The molecule has 0 amide bonds. The molecule has 0 atom stereocenters. The Morgan fingerprint density at radius 3 is 1.22 bits per heavy atom. The van der Waals surface area contributed by atoms with Crippen LogP contribution < -0.4 is 10.2 Å². The van der Waals surface area contributed by atoms with E-state index in [0.29, 0.717) is 0 Å². The third-order valence-electron chi connectivity index (χ3n) is 3.65. The Hall–Kier alpha value is -2.10. The van der Waals surface area contributed by atoms with Crippen LogP contribution in [0.3, 0.4) is 0 Å². The molecule has 0 saturated heterocycles. The van der Waals surface area contributed by atoms with Crippen molar-refractivity contribution in [3.63, 3.8) is 0 Å². The molecule has 23 heavy (non-hydrogen) atoms. The fraction of sp³-hybridized carbons (Fsp3) is 0.222. The number of carboxylic acid groups (broad SMARTS) is 2. The third kappa shape index (κ3) is 5.55. The molecule has 2 rings (SSSR count). The number of hydrogen-bond acceptors (Lipinski definition) is 4. The Kier molecular flexibility index (Phi) is 8.30. The van der Waals surface area contributed by atoms with Crippen LogP contribution in [0.4, 0.5) is 0 Å². The minimum Gasteiger partial charge on any atom is -0.545 e. The third-order valence-corrected chi connectivity index (χ3v) is 3.65. The molecular formula is C18H18CuO4. The Bertz CT molecular complexity index is 647. The van der Waals surface area contributed by atoms with Gasteiger partial charge in [0.1, 0.15) is 0 Å². The summed E-state index contributed by atoms with van der Waals surface area (Å²) in [6, 6.07) is 10.3. The molecular weight excluding hydrogens is 344 g/mol. The van der Waals surface area contributed by atoms with Crippen molar-refractivity contribution in [3.05, 3.63) is 69.8 Å². The molecule has 0 unspecified atom stereocenters. The van der Waals surface area contributed by atoms with E-state index in [1.807, 2.05) is 26.0 Å². The fourth-order valence-electron chi connectivity index (χ4n) is 1.94. The predicted molar refractivity (Wildman–Crippen MR) is 80.5 cm³/mol. The van der Waals surface area contributed by atoms with Crippen molar-refractivity contribution < 1.29 is 36.9 Å². The minimum absolute atomic E-state index is 0. The van der Waals surface area contributed by atoms with Crippen LogP contribution >= 0.6 is 0 Å². The molecule has 125 valence electrons. The van der Waals surface area contributed by atoms with E-state index in [4.69, 9.17) is 0 Å². The molecule has 0 heterocycles. The van der Waals surface area contributed by atoms with E-state index in [0.717, 1.165) is 22.3 Å². The molecule has 0 spiro atoms. The van der Waals surface area contributed by atoms with Gasteiger partial charge in [-0.25, -0.2) is 0 Å². The molecule has 0 aliphatic heterocycles. The van der Waals surface area contributed by atoms with Gasteiger partial charge in [-0.15, -0.1) is 0 Å². The quantitative estimate of drug-likeness (QED) is 0.756. The van der Waals surface area contributed by atoms with E-state index in [1.165, 1.54) is 0 Å². The van der Waals surface area contributed by atoms with Gasteiger partial charge in [-0.2, -0.15) is 0 Å². The molecule has 4 nitrogen and oxygen atoms in total. The zero-order valence-electron chi connectivity index (χ0n) is 13.4. The van der Waals surface area contributed by atoms with Crippen LogP contribution in [-0.4, -0.2) is 11.9 Å². The van der Waals surface area contributed by atoms with Gasteiger partial charge < -0.3 is 19.8 Å². The summed E-state index contributed by atoms with van der Waals surface area (Å²) in [5, 5.41) is 20.9. The second-order valence-corrected chi connectivity index (χ2v) is 5.07. The van der Waals surface area contributed by atoms with Crippen LogP contribution in [0.2, 0.25) is 0 Å². The van der Waals surface area contributed by atoms with Crippen LogP contribution in [-0.2, 0) is 17.1 Å². The van der Waals surface area contributed by atoms with Crippen molar-refractivity contribution in [3.8, 4) is 0 Å². The van der Waals surface area contributed by atoms with E-state index < -0.39 is 11.9 Å². The largest absolute Gasteiger partial charge is 2.00 e. The summed E-state index contributed by atoms with van der Waals surface area (Å²) in [7, 11) is 0. The maximum Gasteiger partial charge on any atom is 2.00 e. The molecule has 2 aromatic rings. The number of carboxylic acids is 2. The average Bonchev–Trinajstić information content (AvgIpc) is 2.45. The van der Waals surface area contributed by atoms with Crippen molar-refractivity contribution in [1.29, 1.82) is 0 Å². The summed E-state index contributed by atoms with van der Waals surface area (Å²) < 4.78 is 0. The molecule has 0 N–H and O–H groups in total. The number of aromatic carboxylic acids is 2. The maximum atomic E-state index is 10.5. The van der Waals surface area contributed by atoms with Gasteiger partial charge in [0, 0.05) is 11.1 Å². The van der Waals surface area contributed by atoms with Gasteiger partial charge in [-0.05, 0) is 49.9 Å². The van der Waals surface area contributed by atoms with E-state index in [-0.39, 0.29) is 28.2 Å². The number of carbonyl (C=O) groups is 2. The molecule has 0 aliphatic rings. The molecule has 1 radical (unpaired) electrons. The van der Waals surface area contributed by atoms with E-state index in [2.05, 4.69) is 0 Å². The Morgan fingerprint density at radius 2 is 1.00 bits per heavy atom.